The molecule has 0 amide bonds. The van der Waals surface area contributed by atoms with E-state index in [0.29, 0.717) is 5.46 Å². The third-order valence-corrected chi connectivity index (χ3v) is 4.21. The molecule has 0 radical (unpaired) electrons. The Balaban J connectivity index is 2.12. The number of hydrogen-bond acceptors (Lipinski definition) is 2. The van der Waals surface area contributed by atoms with Crippen molar-refractivity contribution in [3.8, 4) is 0 Å². The zero-order valence-corrected chi connectivity index (χ0v) is 11.6. The zero-order chi connectivity index (χ0) is 13.8. The summed E-state index contributed by atoms with van der Waals surface area (Å²) in [6.07, 6.45) is 1.79. The molecule has 0 unspecified atom stereocenters. The SMILES string of the molecule is CC1(C)OB(c2c(F)ccc3[nH]ccc23)OC1(C)C. The van der Waals surface area contributed by atoms with Crippen LogP contribution in [-0.2, 0) is 9.31 Å². The fraction of sp³-hybridized carbons (Fsp3) is 0.429. The molecule has 0 spiro atoms. The molecule has 3 rings (SSSR count). The summed E-state index contributed by atoms with van der Waals surface area (Å²) in [6.45, 7) is 7.84. The van der Waals surface area contributed by atoms with Crippen LogP contribution in [0.5, 0.6) is 0 Å². The van der Waals surface area contributed by atoms with Gasteiger partial charge in [-0.15, -0.1) is 0 Å². The van der Waals surface area contributed by atoms with Crippen molar-refractivity contribution in [2.45, 2.75) is 38.9 Å². The maximum absolute atomic E-state index is 14.2. The summed E-state index contributed by atoms with van der Waals surface area (Å²) in [6, 6.07) is 5.01. The van der Waals surface area contributed by atoms with Crippen molar-refractivity contribution in [1.82, 2.24) is 4.98 Å². The van der Waals surface area contributed by atoms with E-state index in [4.69, 9.17) is 9.31 Å². The average Bonchev–Trinajstić information content (AvgIpc) is 2.81. The van der Waals surface area contributed by atoms with Gasteiger partial charge in [0.05, 0.1) is 11.2 Å². The highest BCUT2D eigenvalue weighted by atomic mass is 19.1. The highest BCUT2D eigenvalue weighted by Crippen LogP contribution is 2.37. The Bertz CT molecular complexity index is 619. The molecular formula is C14H17BFNO2. The Kier molecular flexibility index (Phi) is 2.56. The van der Waals surface area contributed by atoms with Gasteiger partial charge in [0.15, 0.2) is 0 Å². The fourth-order valence-corrected chi connectivity index (χ4v) is 2.33. The topological polar surface area (TPSA) is 34.2 Å². The van der Waals surface area contributed by atoms with Gasteiger partial charge >= 0.3 is 7.12 Å². The van der Waals surface area contributed by atoms with Crippen LogP contribution in [0, 0.1) is 5.82 Å². The van der Waals surface area contributed by atoms with Crippen LogP contribution in [0.3, 0.4) is 0 Å². The smallest absolute Gasteiger partial charge is 0.399 e. The summed E-state index contributed by atoms with van der Waals surface area (Å²) < 4.78 is 26.0. The summed E-state index contributed by atoms with van der Waals surface area (Å²) >= 11 is 0. The number of benzene rings is 1. The lowest BCUT2D eigenvalue weighted by molar-refractivity contribution is 0.00578. The van der Waals surface area contributed by atoms with E-state index in [1.54, 1.807) is 12.3 Å². The average molecular weight is 261 g/mol. The number of nitrogens with one attached hydrogen (secondary N) is 1. The minimum Gasteiger partial charge on any atom is -0.399 e. The molecule has 1 fully saturated rings. The monoisotopic (exact) mass is 261 g/mol. The summed E-state index contributed by atoms with van der Waals surface area (Å²) in [7, 11) is -0.676. The van der Waals surface area contributed by atoms with Crippen LogP contribution >= 0.6 is 0 Å². The van der Waals surface area contributed by atoms with E-state index in [1.807, 2.05) is 33.8 Å². The molecule has 3 nitrogen and oxygen atoms in total. The molecule has 1 aromatic heterocycles. The third-order valence-electron chi connectivity index (χ3n) is 4.21. The number of fused-ring (bicyclic) bond motifs is 1. The van der Waals surface area contributed by atoms with E-state index < -0.39 is 18.3 Å². The van der Waals surface area contributed by atoms with Crippen molar-refractivity contribution in [2.75, 3.05) is 0 Å². The largest absolute Gasteiger partial charge is 0.498 e. The van der Waals surface area contributed by atoms with Gasteiger partial charge in [0.2, 0.25) is 0 Å². The van der Waals surface area contributed by atoms with Gasteiger partial charge in [0.1, 0.15) is 5.82 Å². The molecule has 0 atom stereocenters. The maximum atomic E-state index is 14.2. The lowest BCUT2D eigenvalue weighted by atomic mass is 9.76. The number of aromatic amines is 1. The Labute approximate surface area is 112 Å². The minimum absolute atomic E-state index is 0.300. The molecule has 1 aliphatic rings. The second-order valence-electron chi connectivity index (χ2n) is 5.99. The number of aromatic nitrogens is 1. The summed E-state index contributed by atoms with van der Waals surface area (Å²) in [5.74, 6) is -0.300. The van der Waals surface area contributed by atoms with E-state index in [9.17, 15) is 4.39 Å². The van der Waals surface area contributed by atoms with Crippen LogP contribution in [0.25, 0.3) is 10.9 Å². The summed E-state index contributed by atoms with van der Waals surface area (Å²) in [4.78, 5) is 3.07. The molecule has 1 aliphatic heterocycles. The van der Waals surface area contributed by atoms with Crippen LogP contribution in [0.15, 0.2) is 24.4 Å². The molecule has 19 heavy (non-hydrogen) atoms. The van der Waals surface area contributed by atoms with E-state index in [0.717, 1.165) is 10.9 Å². The van der Waals surface area contributed by atoms with Crippen molar-refractivity contribution in [3.63, 3.8) is 0 Å². The van der Waals surface area contributed by atoms with E-state index in [2.05, 4.69) is 4.98 Å². The van der Waals surface area contributed by atoms with Gasteiger partial charge in [-0.25, -0.2) is 4.39 Å². The van der Waals surface area contributed by atoms with Gasteiger partial charge in [-0.1, -0.05) is 0 Å². The third kappa shape index (κ3) is 1.80. The summed E-state index contributed by atoms with van der Waals surface area (Å²) in [5, 5.41) is 0.804. The van der Waals surface area contributed by atoms with Gasteiger partial charge < -0.3 is 14.3 Å². The second kappa shape index (κ2) is 3.84. The fourth-order valence-electron chi connectivity index (χ4n) is 2.33. The first-order valence-electron chi connectivity index (χ1n) is 6.43. The molecule has 100 valence electrons. The number of rotatable bonds is 1. The first kappa shape index (κ1) is 12.7. The standard InChI is InChI=1S/C14H17BFNO2/c1-13(2)14(3,4)19-15(18-13)12-9-7-8-17-11(9)6-5-10(12)16/h5-8,17H,1-4H3. The normalized spacial score (nSPS) is 21.2. The first-order chi connectivity index (χ1) is 8.82. The Morgan fingerprint density at radius 3 is 2.32 bits per heavy atom. The van der Waals surface area contributed by atoms with Crippen molar-refractivity contribution in [3.05, 3.63) is 30.2 Å². The number of hydrogen-bond donors (Lipinski definition) is 1. The van der Waals surface area contributed by atoms with Gasteiger partial charge in [-0.3, -0.25) is 0 Å². The lowest BCUT2D eigenvalue weighted by Gasteiger charge is -2.32. The molecule has 5 heteroatoms. The van der Waals surface area contributed by atoms with Gasteiger partial charge in [0, 0.05) is 22.6 Å². The van der Waals surface area contributed by atoms with E-state index in [-0.39, 0.29) is 5.82 Å². The molecule has 2 aromatic rings. The van der Waals surface area contributed by atoms with Crippen LogP contribution in [0.4, 0.5) is 4.39 Å². The van der Waals surface area contributed by atoms with E-state index >= 15 is 0 Å². The van der Waals surface area contributed by atoms with Crippen LogP contribution in [0.1, 0.15) is 27.7 Å². The predicted octanol–water partition coefficient (Wildman–Crippen LogP) is 2.61. The Hall–Kier alpha value is -1.33. The van der Waals surface area contributed by atoms with Crippen molar-refractivity contribution in [1.29, 1.82) is 0 Å². The Morgan fingerprint density at radius 1 is 1.05 bits per heavy atom. The van der Waals surface area contributed by atoms with Crippen LogP contribution in [0.2, 0.25) is 0 Å². The highest BCUT2D eigenvalue weighted by molar-refractivity contribution is 6.65. The number of halogens is 1. The molecule has 1 aromatic carbocycles. The van der Waals surface area contributed by atoms with Gasteiger partial charge in [-0.2, -0.15) is 0 Å². The predicted molar refractivity (Wildman–Crippen MR) is 74.0 cm³/mol. The quantitative estimate of drug-likeness (QED) is 0.800. The molecule has 1 saturated heterocycles. The lowest BCUT2D eigenvalue weighted by Crippen LogP contribution is -2.41. The molecule has 1 N–H and O–H groups in total. The van der Waals surface area contributed by atoms with Crippen molar-refractivity contribution >= 4 is 23.5 Å². The maximum Gasteiger partial charge on any atom is 0.498 e. The van der Waals surface area contributed by atoms with Crippen LogP contribution in [-0.4, -0.2) is 23.3 Å². The van der Waals surface area contributed by atoms with Gasteiger partial charge in [0.25, 0.3) is 0 Å². The number of H-pyrrole nitrogens is 1. The summed E-state index contributed by atoms with van der Waals surface area (Å²) in [5.41, 5.74) is 0.411. The Morgan fingerprint density at radius 2 is 1.68 bits per heavy atom. The molecule has 2 heterocycles. The van der Waals surface area contributed by atoms with Crippen molar-refractivity contribution < 1.29 is 13.7 Å². The second-order valence-corrected chi connectivity index (χ2v) is 5.99. The molecule has 0 aliphatic carbocycles. The van der Waals surface area contributed by atoms with Crippen LogP contribution < -0.4 is 5.46 Å². The first-order valence-corrected chi connectivity index (χ1v) is 6.43. The van der Waals surface area contributed by atoms with Gasteiger partial charge in [-0.05, 0) is 45.9 Å². The molecular weight excluding hydrogens is 244 g/mol. The van der Waals surface area contributed by atoms with Crippen molar-refractivity contribution in [2.24, 2.45) is 0 Å². The highest BCUT2D eigenvalue weighted by Gasteiger charge is 2.52. The molecule has 0 saturated carbocycles. The minimum atomic E-state index is -0.676. The molecule has 0 bridgehead atoms. The zero-order valence-electron chi connectivity index (χ0n) is 11.6. The van der Waals surface area contributed by atoms with E-state index in [1.165, 1.54) is 6.07 Å².